The summed E-state index contributed by atoms with van der Waals surface area (Å²) in [7, 11) is 0. The molecule has 13 heavy (non-hydrogen) atoms. The van der Waals surface area contributed by atoms with Crippen LogP contribution in [0.15, 0.2) is 18.3 Å². The Morgan fingerprint density at radius 2 is 2.54 bits per heavy atom. The lowest BCUT2D eigenvalue weighted by Gasteiger charge is -2.03. The molecule has 0 saturated carbocycles. The first kappa shape index (κ1) is 9.27. The smallest absolute Gasteiger partial charge is 0.295 e. The van der Waals surface area contributed by atoms with Crippen molar-refractivity contribution in [1.82, 2.24) is 10.3 Å². The molecule has 0 radical (unpaired) electrons. The predicted octanol–water partition coefficient (Wildman–Crippen LogP) is 0.639. The van der Waals surface area contributed by atoms with E-state index in [4.69, 9.17) is 6.42 Å². The lowest BCUT2D eigenvalue weighted by Crippen LogP contribution is -2.21. The fraction of sp³-hybridized carbons (Fsp3) is 0.200. The molecule has 1 aromatic heterocycles. The summed E-state index contributed by atoms with van der Waals surface area (Å²) in [5.74, 6) is 1.56. The Hall–Kier alpha value is -1.82. The Morgan fingerprint density at radius 3 is 3.15 bits per heavy atom. The molecule has 0 unspecified atom stereocenters. The van der Waals surface area contributed by atoms with E-state index in [1.54, 1.807) is 6.20 Å². The van der Waals surface area contributed by atoms with Crippen LogP contribution in [0, 0.1) is 19.3 Å². The van der Waals surface area contributed by atoms with Gasteiger partial charge in [0.1, 0.15) is 0 Å². The summed E-state index contributed by atoms with van der Waals surface area (Å²) in [4.78, 5) is 14.8. The van der Waals surface area contributed by atoms with E-state index in [2.05, 4.69) is 10.3 Å². The third-order valence-electron chi connectivity index (χ3n) is 1.67. The van der Waals surface area contributed by atoms with Gasteiger partial charge in [0.2, 0.25) is 0 Å². The van der Waals surface area contributed by atoms with Crippen molar-refractivity contribution in [3.8, 4) is 12.3 Å². The predicted molar refractivity (Wildman–Crippen MR) is 49.7 cm³/mol. The van der Waals surface area contributed by atoms with Crippen molar-refractivity contribution < 1.29 is 4.79 Å². The fourth-order valence-corrected chi connectivity index (χ4v) is 0.918. The Kier molecular flexibility index (Phi) is 3.04. The summed E-state index contributed by atoms with van der Waals surface area (Å²) in [6.07, 6.45) is 6.58. The van der Waals surface area contributed by atoms with E-state index in [0.29, 0.717) is 6.54 Å². The van der Waals surface area contributed by atoms with Crippen molar-refractivity contribution >= 4 is 5.91 Å². The van der Waals surface area contributed by atoms with Gasteiger partial charge in [-0.15, -0.1) is 6.42 Å². The third kappa shape index (κ3) is 2.60. The van der Waals surface area contributed by atoms with Crippen molar-refractivity contribution in [2.75, 3.05) is 0 Å². The average Bonchev–Trinajstić information content (AvgIpc) is 2.16. The quantitative estimate of drug-likeness (QED) is 0.668. The largest absolute Gasteiger partial charge is 0.340 e. The number of nitrogens with one attached hydrogen (secondary N) is 1. The monoisotopic (exact) mass is 174 g/mol. The first-order chi connectivity index (χ1) is 6.24. The molecule has 1 N–H and O–H groups in total. The SMILES string of the molecule is C#CC(=O)NCc1ncccc1C. The molecule has 0 aliphatic carbocycles. The van der Waals surface area contributed by atoms with Gasteiger partial charge >= 0.3 is 0 Å². The van der Waals surface area contributed by atoms with Crippen molar-refractivity contribution in [3.05, 3.63) is 29.6 Å². The maximum Gasteiger partial charge on any atom is 0.295 e. The van der Waals surface area contributed by atoms with E-state index < -0.39 is 5.91 Å². The average molecular weight is 174 g/mol. The minimum Gasteiger partial charge on any atom is -0.340 e. The lowest BCUT2D eigenvalue weighted by molar-refractivity contribution is -0.115. The number of hydrogen-bond donors (Lipinski definition) is 1. The molecular formula is C10H10N2O. The number of amides is 1. The lowest BCUT2D eigenvalue weighted by atomic mass is 10.2. The molecule has 1 amide bonds. The topological polar surface area (TPSA) is 42.0 Å². The number of carbonyl (C=O) groups excluding carboxylic acids is 1. The van der Waals surface area contributed by atoms with Crippen LogP contribution in [-0.4, -0.2) is 10.9 Å². The van der Waals surface area contributed by atoms with E-state index in [-0.39, 0.29) is 0 Å². The van der Waals surface area contributed by atoms with Gasteiger partial charge in [0.25, 0.3) is 5.91 Å². The summed E-state index contributed by atoms with van der Waals surface area (Å²) in [5, 5.41) is 2.55. The molecule has 1 aromatic rings. The standard InChI is InChI=1S/C10H10N2O/c1-3-10(13)12-7-9-8(2)5-4-6-11-9/h1,4-6H,7H2,2H3,(H,12,13). The molecule has 0 aromatic carbocycles. The van der Waals surface area contributed by atoms with Gasteiger partial charge in [-0.05, 0) is 24.5 Å². The molecule has 0 spiro atoms. The minimum atomic E-state index is -0.412. The minimum absolute atomic E-state index is 0.385. The molecule has 66 valence electrons. The van der Waals surface area contributed by atoms with E-state index in [1.807, 2.05) is 25.0 Å². The highest BCUT2D eigenvalue weighted by molar-refractivity contribution is 5.92. The van der Waals surface area contributed by atoms with Crippen LogP contribution in [0.1, 0.15) is 11.3 Å². The van der Waals surface area contributed by atoms with Gasteiger partial charge in [-0.2, -0.15) is 0 Å². The summed E-state index contributed by atoms with van der Waals surface area (Å²) >= 11 is 0. The Labute approximate surface area is 77.2 Å². The number of aryl methyl sites for hydroxylation is 1. The number of nitrogens with zero attached hydrogens (tertiary/aromatic N) is 1. The van der Waals surface area contributed by atoms with Gasteiger partial charge in [-0.1, -0.05) is 6.07 Å². The van der Waals surface area contributed by atoms with Crippen LogP contribution in [0.3, 0.4) is 0 Å². The molecule has 0 bridgehead atoms. The summed E-state index contributed by atoms with van der Waals surface area (Å²) < 4.78 is 0. The Bertz CT molecular complexity index is 352. The molecule has 0 fully saturated rings. The maximum absolute atomic E-state index is 10.7. The number of aromatic nitrogens is 1. The Balaban J connectivity index is 2.61. The van der Waals surface area contributed by atoms with Crippen LogP contribution in [0.5, 0.6) is 0 Å². The van der Waals surface area contributed by atoms with Gasteiger partial charge in [-0.25, -0.2) is 0 Å². The van der Waals surface area contributed by atoms with Crippen molar-refractivity contribution in [1.29, 1.82) is 0 Å². The fourth-order valence-electron chi connectivity index (χ4n) is 0.918. The summed E-state index contributed by atoms with van der Waals surface area (Å²) in [5.41, 5.74) is 1.88. The first-order valence-electron chi connectivity index (χ1n) is 3.89. The molecule has 0 saturated heterocycles. The molecule has 1 rings (SSSR count). The van der Waals surface area contributed by atoms with Gasteiger partial charge in [-0.3, -0.25) is 9.78 Å². The van der Waals surface area contributed by atoms with Crippen LogP contribution in [0.4, 0.5) is 0 Å². The van der Waals surface area contributed by atoms with Crippen LogP contribution < -0.4 is 5.32 Å². The van der Waals surface area contributed by atoms with Gasteiger partial charge < -0.3 is 5.32 Å². The third-order valence-corrected chi connectivity index (χ3v) is 1.67. The number of pyridine rings is 1. The molecule has 0 aliphatic heterocycles. The van der Waals surface area contributed by atoms with Crippen LogP contribution in [0.2, 0.25) is 0 Å². The number of terminal acetylenes is 1. The van der Waals surface area contributed by atoms with Crippen LogP contribution in [0.25, 0.3) is 0 Å². The van der Waals surface area contributed by atoms with Gasteiger partial charge in [0.15, 0.2) is 0 Å². The zero-order valence-corrected chi connectivity index (χ0v) is 7.37. The van der Waals surface area contributed by atoms with Crippen molar-refractivity contribution in [3.63, 3.8) is 0 Å². The second-order valence-corrected chi connectivity index (χ2v) is 2.59. The highest BCUT2D eigenvalue weighted by Crippen LogP contribution is 2.01. The van der Waals surface area contributed by atoms with Crippen LogP contribution in [-0.2, 0) is 11.3 Å². The highest BCUT2D eigenvalue weighted by Gasteiger charge is 1.99. The Morgan fingerprint density at radius 1 is 1.77 bits per heavy atom. The zero-order valence-electron chi connectivity index (χ0n) is 7.37. The van der Waals surface area contributed by atoms with Crippen molar-refractivity contribution in [2.24, 2.45) is 0 Å². The summed E-state index contributed by atoms with van der Waals surface area (Å²) in [6.45, 7) is 2.32. The van der Waals surface area contributed by atoms with Crippen LogP contribution >= 0.6 is 0 Å². The molecule has 3 nitrogen and oxygen atoms in total. The number of carbonyl (C=O) groups is 1. The second-order valence-electron chi connectivity index (χ2n) is 2.59. The number of hydrogen-bond acceptors (Lipinski definition) is 2. The first-order valence-corrected chi connectivity index (χ1v) is 3.89. The van der Waals surface area contributed by atoms with Crippen molar-refractivity contribution in [2.45, 2.75) is 13.5 Å². The molecule has 1 heterocycles. The normalized spacial score (nSPS) is 8.92. The summed E-state index contributed by atoms with van der Waals surface area (Å²) in [6, 6.07) is 3.78. The molecule has 3 heteroatoms. The van der Waals surface area contributed by atoms with E-state index in [9.17, 15) is 4.79 Å². The molecule has 0 atom stereocenters. The molecular weight excluding hydrogens is 164 g/mol. The zero-order chi connectivity index (χ0) is 9.68. The van der Waals surface area contributed by atoms with E-state index in [0.717, 1.165) is 11.3 Å². The second kappa shape index (κ2) is 4.27. The van der Waals surface area contributed by atoms with E-state index >= 15 is 0 Å². The van der Waals surface area contributed by atoms with Gasteiger partial charge in [0.05, 0.1) is 12.2 Å². The molecule has 0 aliphatic rings. The maximum atomic E-state index is 10.7. The highest BCUT2D eigenvalue weighted by atomic mass is 16.1. The number of rotatable bonds is 2. The van der Waals surface area contributed by atoms with E-state index in [1.165, 1.54) is 0 Å². The van der Waals surface area contributed by atoms with Gasteiger partial charge in [0, 0.05) is 6.20 Å².